The SMILES string of the molecule is CN(c1ccc([N+](=O)[O-])cc1)c1ccnc(Nc2cccc(SN)c2)c1. The number of anilines is 4. The molecular formula is C18H17N5O2S. The average Bonchev–Trinajstić information content (AvgIpc) is 2.68. The number of hydrogen-bond donors (Lipinski definition) is 2. The topological polar surface area (TPSA) is 97.3 Å². The Labute approximate surface area is 155 Å². The van der Waals surface area contributed by atoms with Gasteiger partial charge < -0.3 is 10.2 Å². The molecule has 8 heteroatoms. The molecule has 0 aliphatic rings. The maximum absolute atomic E-state index is 10.8. The van der Waals surface area contributed by atoms with Crippen molar-refractivity contribution in [1.82, 2.24) is 4.98 Å². The molecule has 132 valence electrons. The second-order valence-electron chi connectivity index (χ2n) is 5.50. The molecule has 26 heavy (non-hydrogen) atoms. The van der Waals surface area contributed by atoms with E-state index in [-0.39, 0.29) is 5.69 Å². The Hall–Kier alpha value is -3.10. The van der Waals surface area contributed by atoms with Gasteiger partial charge in [-0.15, -0.1) is 0 Å². The highest BCUT2D eigenvalue weighted by Crippen LogP contribution is 2.28. The van der Waals surface area contributed by atoms with Crippen molar-refractivity contribution < 1.29 is 4.92 Å². The van der Waals surface area contributed by atoms with Crippen LogP contribution in [0, 0.1) is 10.1 Å². The minimum atomic E-state index is -0.411. The van der Waals surface area contributed by atoms with Crippen molar-refractivity contribution in [3.05, 3.63) is 77.0 Å². The summed E-state index contributed by atoms with van der Waals surface area (Å²) in [7, 11) is 1.89. The summed E-state index contributed by atoms with van der Waals surface area (Å²) in [6.07, 6.45) is 1.71. The number of hydrogen-bond acceptors (Lipinski definition) is 7. The first-order valence-electron chi connectivity index (χ1n) is 7.75. The van der Waals surface area contributed by atoms with E-state index < -0.39 is 4.92 Å². The van der Waals surface area contributed by atoms with Gasteiger partial charge in [0.2, 0.25) is 0 Å². The van der Waals surface area contributed by atoms with Crippen LogP contribution in [0.25, 0.3) is 0 Å². The monoisotopic (exact) mass is 367 g/mol. The van der Waals surface area contributed by atoms with E-state index in [4.69, 9.17) is 5.14 Å². The fourth-order valence-corrected chi connectivity index (χ4v) is 2.79. The second-order valence-corrected chi connectivity index (χ2v) is 6.21. The summed E-state index contributed by atoms with van der Waals surface area (Å²) in [4.78, 5) is 17.6. The molecule has 0 unspecified atom stereocenters. The van der Waals surface area contributed by atoms with Gasteiger partial charge in [-0.25, -0.2) is 4.98 Å². The van der Waals surface area contributed by atoms with Crippen molar-refractivity contribution in [3.63, 3.8) is 0 Å². The fourth-order valence-electron chi connectivity index (χ4n) is 2.44. The number of pyridine rings is 1. The standard InChI is InChI=1S/C18H17N5O2S/c1-22(14-5-7-15(8-6-14)23(24)25)16-9-10-20-18(12-16)21-13-3-2-4-17(11-13)26-19/h2-12H,19H2,1H3,(H,20,21). The third-order valence-electron chi connectivity index (χ3n) is 3.82. The Morgan fingerprint density at radius 3 is 2.58 bits per heavy atom. The van der Waals surface area contributed by atoms with Gasteiger partial charge in [0.15, 0.2) is 0 Å². The Morgan fingerprint density at radius 2 is 1.88 bits per heavy atom. The van der Waals surface area contributed by atoms with Gasteiger partial charge >= 0.3 is 0 Å². The Kier molecular flexibility index (Phi) is 5.35. The van der Waals surface area contributed by atoms with E-state index in [9.17, 15) is 10.1 Å². The summed E-state index contributed by atoms with van der Waals surface area (Å²) >= 11 is 1.19. The molecule has 7 nitrogen and oxygen atoms in total. The van der Waals surface area contributed by atoms with E-state index >= 15 is 0 Å². The number of nitrogens with one attached hydrogen (secondary N) is 1. The summed E-state index contributed by atoms with van der Waals surface area (Å²) in [5.41, 5.74) is 2.70. The van der Waals surface area contributed by atoms with Gasteiger partial charge in [0, 0.05) is 53.4 Å². The molecule has 3 aromatic rings. The van der Waals surface area contributed by atoms with Gasteiger partial charge in [-0.2, -0.15) is 0 Å². The third kappa shape index (κ3) is 4.11. The summed E-state index contributed by atoms with van der Waals surface area (Å²) in [6.45, 7) is 0. The summed E-state index contributed by atoms with van der Waals surface area (Å²) in [6, 6.07) is 17.9. The number of nitrogens with two attached hydrogens (primary N) is 1. The van der Waals surface area contributed by atoms with Crippen LogP contribution in [0.4, 0.5) is 28.6 Å². The van der Waals surface area contributed by atoms with Crippen molar-refractivity contribution in [2.24, 2.45) is 5.14 Å². The van der Waals surface area contributed by atoms with Crippen LogP contribution in [0.15, 0.2) is 71.8 Å². The molecule has 3 rings (SSSR count). The molecular weight excluding hydrogens is 350 g/mol. The molecule has 0 bridgehead atoms. The van der Waals surface area contributed by atoms with E-state index in [1.54, 1.807) is 18.3 Å². The first kappa shape index (κ1) is 17.7. The second kappa shape index (κ2) is 7.85. The van der Waals surface area contributed by atoms with E-state index in [1.165, 1.54) is 24.1 Å². The van der Waals surface area contributed by atoms with E-state index in [1.807, 2.05) is 48.3 Å². The number of nitro benzene ring substituents is 1. The molecule has 3 N–H and O–H groups in total. The van der Waals surface area contributed by atoms with Crippen LogP contribution in [-0.4, -0.2) is 17.0 Å². The molecule has 0 atom stereocenters. The zero-order valence-corrected chi connectivity index (χ0v) is 14.8. The van der Waals surface area contributed by atoms with Crippen molar-refractivity contribution in [3.8, 4) is 0 Å². The van der Waals surface area contributed by atoms with Crippen LogP contribution >= 0.6 is 11.9 Å². The molecule has 0 radical (unpaired) electrons. The van der Waals surface area contributed by atoms with Crippen molar-refractivity contribution in [2.75, 3.05) is 17.3 Å². The first-order chi connectivity index (χ1) is 12.6. The molecule has 1 aromatic heterocycles. The lowest BCUT2D eigenvalue weighted by atomic mass is 10.2. The lowest BCUT2D eigenvalue weighted by Gasteiger charge is -2.20. The van der Waals surface area contributed by atoms with E-state index in [0.717, 1.165) is 22.0 Å². The predicted octanol–water partition coefficient (Wildman–Crippen LogP) is 4.47. The van der Waals surface area contributed by atoms with Crippen LogP contribution in [0.2, 0.25) is 0 Å². The number of nitro groups is 1. The van der Waals surface area contributed by atoms with Gasteiger partial charge in [-0.1, -0.05) is 6.07 Å². The zero-order valence-electron chi connectivity index (χ0n) is 14.0. The van der Waals surface area contributed by atoms with Crippen molar-refractivity contribution in [2.45, 2.75) is 4.90 Å². The maximum Gasteiger partial charge on any atom is 0.269 e. The minimum Gasteiger partial charge on any atom is -0.344 e. The molecule has 0 saturated carbocycles. The first-order valence-corrected chi connectivity index (χ1v) is 8.63. The summed E-state index contributed by atoms with van der Waals surface area (Å²) in [5.74, 6) is 0.690. The molecule has 0 saturated heterocycles. The largest absolute Gasteiger partial charge is 0.344 e. The Morgan fingerprint density at radius 1 is 1.12 bits per heavy atom. The summed E-state index contributed by atoms with van der Waals surface area (Å²) in [5, 5.41) is 19.6. The number of rotatable bonds is 6. The zero-order chi connectivity index (χ0) is 18.5. The quantitative estimate of drug-likeness (QED) is 0.377. The normalized spacial score (nSPS) is 10.4. The number of aromatic nitrogens is 1. The highest BCUT2D eigenvalue weighted by atomic mass is 32.2. The fraction of sp³-hybridized carbons (Fsp3) is 0.0556. The number of non-ortho nitro benzene ring substituents is 1. The van der Waals surface area contributed by atoms with Gasteiger partial charge in [0.05, 0.1) is 4.92 Å². The number of benzene rings is 2. The molecule has 0 spiro atoms. The van der Waals surface area contributed by atoms with Crippen LogP contribution in [0.1, 0.15) is 0 Å². The lowest BCUT2D eigenvalue weighted by molar-refractivity contribution is -0.384. The lowest BCUT2D eigenvalue weighted by Crippen LogP contribution is -2.10. The molecule has 0 aliphatic carbocycles. The Balaban J connectivity index is 1.80. The number of nitrogens with zero attached hydrogens (tertiary/aromatic N) is 3. The van der Waals surface area contributed by atoms with Gasteiger partial charge in [-0.3, -0.25) is 15.3 Å². The van der Waals surface area contributed by atoms with Gasteiger partial charge in [0.1, 0.15) is 5.82 Å². The van der Waals surface area contributed by atoms with Crippen LogP contribution in [-0.2, 0) is 0 Å². The van der Waals surface area contributed by atoms with Crippen LogP contribution in [0.5, 0.6) is 0 Å². The highest BCUT2D eigenvalue weighted by molar-refractivity contribution is 7.97. The van der Waals surface area contributed by atoms with E-state index in [2.05, 4.69) is 10.3 Å². The molecule has 0 fully saturated rings. The molecule has 2 aromatic carbocycles. The molecule has 0 amide bonds. The maximum atomic E-state index is 10.8. The van der Waals surface area contributed by atoms with Gasteiger partial charge in [0.25, 0.3) is 5.69 Å². The van der Waals surface area contributed by atoms with Crippen molar-refractivity contribution in [1.29, 1.82) is 0 Å². The third-order valence-corrected chi connectivity index (χ3v) is 4.35. The van der Waals surface area contributed by atoms with Crippen LogP contribution in [0.3, 0.4) is 0 Å². The van der Waals surface area contributed by atoms with E-state index in [0.29, 0.717) is 5.82 Å². The predicted molar refractivity (Wildman–Crippen MR) is 105 cm³/mol. The molecule has 0 aliphatic heterocycles. The smallest absolute Gasteiger partial charge is 0.269 e. The average molecular weight is 367 g/mol. The minimum absolute atomic E-state index is 0.0666. The highest BCUT2D eigenvalue weighted by Gasteiger charge is 2.09. The Bertz CT molecular complexity index is 917. The molecule has 1 heterocycles. The summed E-state index contributed by atoms with van der Waals surface area (Å²) < 4.78 is 0. The van der Waals surface area contributed by atoms with Gasteiger partial charge in [-0.05, 0) is 48.3 Å². The van der Waals surface area contributed by atoms with Crippen LogP contribution < -0.4 is 15.4 Å². The van der Waals surface area contributed by atoms with Crippen molar-refractivity contribution >= 4 is 40.5 Å².